The van der Waals surface area contributed by atoms with Crippen LogP contribution in [-0.2, 0) is 0 Å². The van der Waals surface area contributed by atoms with E-state index in [0.717, 1.165) is 23.5 Å². The van der Waals surface area contributed by atoms with Crippen molar-refractivity contribution in [1.82, 2.24) is 19.5 Å². The molecule has 6 nitrogen and oxygen atoms in total. The standard InChI is InChI=1S/C21H27F3N4O2/c1-12-7-8-27(20(29)30)11-16(12)18-9-13(2)25-19-10-17(26-28(18)19)14-3-5-15(6-4-14)21(22,23)24/h9-10,12,14-16H,3-8,11H2,1-2H3,(H,29,30)/t12-,14-,15-,16-/m0/s1. The van der Waals surface area contributed by atoms with Gasteiger partial charge in [0.15, 0.2) is 5.65 Å². The fourth-order valence-corrected chi connectivity index (χ4v) is 4.95. The Morgan fingerprint density at radius 3 is 2.50 bits per heavy atom. The van der Waals surface area contributed by atoms with Gasteiger partial charge in [0.1, 0.15) is 0 Å². The minimum Gasteiger partial charge on any atom is -0.465 e. The molecule has 3 heterocycles. The van der Waals surface area contributed by atoms with Crippen LogP contribution in [-0.4, -0.2) is 50.0 Å². The van der Waals surface area contributed by atoms with E-state index in [0.29, 0.717) is 37.5 Å². The van der Waals surface area contributed by atoms with Crippen molar-refractivity contribution in [2.24, 2.45) is 11.8 Å². The number of fused-ring (bicyclic) bond motifs is 1. The molecule has 164 valence electrons. The summed E-state index contributed by atoms with van der Waals surface area (Å²) in [4.78, 5) is 17.5. The maximum Gasteiger partial charge on any atom is 0.407 e. The Labute approximate surface area is 173 Å². The number of halogens is 3. The molecule has 30 heavy (non-hydrogen) atoms. The Bertz CT molecular complexity index is 934. The number of alkyl halides is 3. The van der Waals surface area contributed by atoms with Crippen molar-refractivity contribution >= 4 is 11.7 Å². The average molecular weight is 424 g/mol. The van der Waals surface area contributed by atoms with Crippen LogP contribution in [0.1, 0.15) is 67.9 Å². The van der Waals surface area contributed by atoms with Gasteiger partial charge in [0.2, 0.25) is 0 Å². The minimum absolute atomic E-state index is 0.00208. The van der Waals surface area contributed by atoms with Crippen LogP contribution in [0.5, 0.6) is 0 Å². The Balaban J connectivity index is 1.63. The SMILES string of the molecule is Cc1cc([C@H]2CN(C(=O)O)CC[C@@H]2C)n2nc([C@H]3CC[C@H](C(F)(F)F)CC3)cc2n1. The molecule has 9 heteroatoms. The zero-order valence-electron chi connectivity index (χ0n) is 17.2. The Hall–Kier alpha value is -2.32. The Morgan fingerprint density at radius 2 is 1.87 bits per heavy atom. The molecule has 2 aromatic rings. The third kappa shape index (κ3) is 3.98. The van der Waals surface area contributed by atoms with Crippen molar-refractivity contribution in [3.05, 3.63) is 29.2 Å². The molecule has 1 N–H and O–H groups in total. The number of rotatable bonds is 2. The molecule has 0 bridgehead atoms. The molecule has 2 atom stereocenters. The number of piperidine rings is 1. The summed E-state index contributed by atoms with van der Waals surface area (Å²) in [6, 6.07) is 3.84. The molecule has 1 saturated carbocycles. The predicted octanol–water partition coefficient (Wildman–Crippen LogP) is 4.98. The third-order valence-corrected chi connectivity index (χ3v) is 6.82. The topological polar surface area (TPSA) is 70.7 Å². The summed E-state index contributed by atoms with van der Waals surface area (Å²) in [5.41, 5.74) is 3.21. The van der Waals surface area contributed by atoms with E-state index in [2.05, 4.69) is 11.9 Å². The van der Waals surface area contributed by atoms with Crippen LogP contribution in [0, 0.1) is 18.8 Å². The summed E-state index contributed by atoms with van der Waals surface area (Å²) in [5.74, 6) is -0.933. The minimum atomic E-state index is -4.12. The van der Waals surface area contributed by atoms with Gasteiger partial charge in [-0.2, -0.15) is 18.3 Å². The van der Waals surface area contributed by atoms with Crippen LogP contribution in [0.3, 0.4) is 0 Å². The van der Waals surface area contributed by atoms with Crippen molar-refractivity contribution in [3.8, 4) is 0 Å². The first-order chi connectivity index (χ1) is 14.1. The van der Waals surface area contributed by atoms with Gasteiger partial charge in [-0.05, 0) is 51.0 Å². The van der Waals surface area contributed by atoms with Gasteiger partial charge in [-0.25, -0.2) is 14.3 Å². The van der Waals surface area contributed by atoms with Crippen LogP contribution >= 0.6 is 0 Å². The van der Waals surface area contributed by atoms with E-state index in [1.807, 2.05) is 19.1 Å². The zero-order chi connectivity index (χ0) is 21.6. The Kier molecular flexibility index (Phi) is 5.40. The van der Waals surface area contributed by atoms with Crippen molar-refractivity contribution in [2.45, 2.75) is 64.0 Å². The largest absolute Gasteiger partial charge is 0.465 e. The summed E-state index contributed by atoms with van der Waals surface area (Å²) in [5, 5.41) is 14.2. The molecule has 1 saturated heterocycles. The van der Waals surface area contributed by atoms with Crippen molar-refractivity contribution in [2.75, 3.05) is 13.1 Å². The molecule has 4 rings (SSSR count). The van der Waals surface area contributed by atoms with E-state index in [4.69, 9.17) is 5.10 Å². The maximum absolute atomic E-state index is 13.0. The monoisotopic (exact) mass is 424 g/mol. The maximum atomic E-state index is 13.0. The van der Waals surface area contributed by atoms with Gasteiger partial charge in [0, 0.05) is 36.7 Å². The molecule has 0 aromatic carbocycles. The molecule has 1 amide bonds. The second kappa shape index (κ2) is 7.74. The quantitative estimate of drug-likeness (QED) is 0.738. The number of carboxylic acid groups (broad SMARTS) is 1. The van der Waals surface area contributed by atoms with Gasteiger partial charge in [0.25, 0.3) is 0 Å². The number of amides is 1. The summed E-state index contributed by atoms with van der Waals surface area (Å²) in [6.07, 6.45) is -3.07. The van der Waals surface area contributed by atoms with Crippen LogP contribution in [0.4, 0.5) is 18.0 Å². The second-order valence-corrected chi connectivity index (χ2v) is 8.85. The molecule has 1 aliphatic heterocycles. The van der Waals surface area contributed by atoms with Gasteiger partial charge in [-0.15, -0.1) is 0 Å². The highest BCUT2D eigenvalue weighted by Gasteiger charge is 2.42. The van der Waals surface area contributed by atoms with E-state index < -0.39 is 18.2 Å². The lowest BCUT2D eigenvalue weighted by atomic mass is 9.80. The summed E-state index contributed by atoms with van der Waals surface area (Å²) in [6.45, 7) is 4.94. The molecular weight excluding hydrogens is 397 g/mol. The molecule has 2 aromatic heterocycles. The predicted molar refractivity (Wildman–Crippen MR) is 105 cm³/mol. The van der Waals surface area contributed by atoms with Gasteiger partial charge < -0.3 is 10.0 Å². The number of likely N-dealkylation sites (tertiary alicyclic amines) is 1. The number of aryl methyl sites for hydroxylation is 1. The molecule has 0 radical (unpaired) electrons. The van der Waals surface area contributed by atoms with Crippen molar-refractivity contribution in [1.29, 1.82) is 0 Å². The third-order valence-electron chi connectivity index (χ3n) is 6.82. The lowest BCUT2D eigenvalue weighted by molar-refractivity contribution is -0.182. The Morgan fingerprint density at radius 1 is 1.17 bits per heavy atom. The summed E-state index contributed by atoms with van der Waals surface area (Å²) >= 11 is 0. The van der Waals surface area contributed by atoms with Crippen LogP contribution in [0.15, 0.2) is 12.1 Å². The fourth-order valence-electron chi connectivity index (χ4n) is 4.95. The summed E-state index contributed by atoms with van der Waals surface area (Å²) < 4.78 is 40.8. The number of aromatic nitrogens is 3. The number of nitrogens with zero attached hydrogens (tertiary/aromatic N) is 4. The fraction of sp³-hybridized carbons (Fsp3) is 0.667. The van der Waals surface area contributed by atoms with E-state index >= 15 is 0 Å². The molecule has 1 aliphatic carbocycles. The van der Waals surface area contributed by atoms with Crippen molar-refractivity contribution < 1.29 is 23.1 Å². The number of carbonyl (C=O) groups is 1. The molecule has 0 spiro atoms. The van der Waals surface area contributed by atoms with Gasteiger partial charge in [-0.1, -0.05) is 6.92 Å². The number of hydrogen-bond acceptors (Lipinski definition) is 3. The smallest absolute Gasteiger partial charge is 0.407 e. The van der Waals surface area contributed by atoms with E-state index in [1.54, 1.807) is 4.52 Å². The first-order valence-electron chi connectivity index (χ1n) is 10.5. The highest BCUT2D eigenvalue weighted by molar-refractivity contribution is 5.65. The highest BCUT2D eigenvalue weighted by Crippen LogP contribution is 2.43. The van der Waals surface area contributed by atoms with E-state index in [9.17, 15) is 23.1 Å². The molecule has 2 fully saturated rings. The first-order valence-corrected chi connectivity index (χ1v) is 10.5. The molecule has 0 unspecified atom stereocenters. The van der Waals surface area contributed by atoms with Gasteiger partial charge in [-0.3, -0.25) is 0 Å². The zero-order valence-corrected chi connectivity index (χ0v) is 17.2. The average Bonchev–Trinajstić information content (AvgIpc) is 3.11. The van der Waals surface area contributed by atoms with Crippen LogP contribution in [0.25, 0.3) is 5.65 Å². The van der Waals surface area contributed by atoms with Crippen LogP contribution in [0.2, 0.25) is 0 Å². The van der Waals surface area contributed by atoms with Gasteiger partial charge >= 0.3 is 12.3 Å². The first kappa shape index (κ1) is 20.9. The lowest BCUT2D eigenvalue weighted by Crippen LogP contribution is -2.42. The second-order valence-electron chi connectivity index (χ2n) is 8.85. The molecule has 2 aliphatic rings. The van der Waals surface area contributed by atoms with Crippen LogP contribution < -0.4 is 0 Å². The summed E-state index contributed by atoms with van der Waals surface area (Å²) in [7, 11) is 0. The van der Waals surface area contributed by atoms with E-state index in [1.165, 1.54) is 4.90 Å². The highest BCUT2D eigenvalue weighted by atomic mass is 19.4. The lowest BCUT2D eigenvalue weighted by Gasteiger charge is -2.35. The van der Waals surface area contributed by atoms with E-state index in [-0.39, 0.29) is 24.7 Å². The van der Waals surface area contributed by atoms with Crippen molar-refractivity contribution in [3.63, 3.8) is 0 Å². The number of hydrogen-bond donors (Lipinski definition) is 1. The molecular formula is C21H27F3N4O2. The van der Waals surface area contributed by atoms with Gasteiger partial charge in [0.05, 0.1) is 17.3 Å². The normalized spacial score (nSPS) is 28.1.